The summed E-state index contributed by atoms with van der Waals surface area (Å²) in [4.78, 5) is 11.7. The molecule has 0 spiro atoms. The van der Waals surface area contributed by atoms with E-state index in [9.17, 15) is 4.79 Å². The molecule has 0 bridgehead atoms. The topological polar surface area (TPSA) is 52.3 Å². The number of nitrogens with two attached hydrogens (primary N) is 1. The Bertz CT molecular complexity index is 338. The molecule has 1 atom stereocenters. The van der Waals surface area contributed by atoms with Crippen molar-refractivity contribution in [1.82, 2.24) is 0 Å². The summed E-state index contributed by atoms with van der Waals surface area (Å²) >= 11 is 0. The maximum atomic E-state index is 11.7. The van der Waals surface area contributed by atoms with Crippen molar-refractivity contribution in [1.29, 1.82) is 0 Å². The molecule has 0 aliphatic heterocycles. The molecular weight excluding hydrogens is 226 g/mol. The Hall–Kier alpha value is -1.35. The predicted molar refractivity (Wildman–Crippen MR) is 73.2 cm³/mol. The molecule has 0 amide bonds. The average molecular weight is 249 g/mol. The Morgan fingerprint density at radius 1 is 1.33 bits per heavy atom. The zero-order valence-electron chi connectivity index (χ0n) is 11.1. The quantitative estimate of drug-likeness (QED) is 0.569. The van der Waals surface area contributed by atoms with E-state index in [4.69, 9.17) is 10.5 Å². The molecule has 1 rings (SSSR count). The van der Waals surface area contributed by atoms with Crippen LogP contribution in [-0.2, 0) is 16.0 Å². The average Bonchev–Trinajstić information content (AvgIpc) is 2.42. The zero-order chi connectivity index (χ0) is 13.2. The first-order valence-electron chi connectivity index (χ1n) is 6.68. The normalized spacial score (nSPS) is 12.1. The van der Waals surface area contributed by atoms with E-state index in [1.165, 1.54) is 5.56 Å². The van der Waals surface area contributed by atoms with Crippen molar-refractivity contribution in [3.8, 4) is 0 Å². The van der Waals surface area contributed by atoms with Gasteiger partial charge in [-0.05, 0) is 24.8 Å². The highest BCUT2D eigenvalue weighted by molar-refractivity contribution is 5.72. The van der Waals surface area contributed by atoms with Gasteiger partial charge in [-0.3, -0.25) is 4.79 Å². The minimum Gasteiger partial charge on any atom is -0.465 e. The predicted octanol–water partition coefficient (Wildman–Crippen LogP) is 2.54. The summed E-state index contributed by atoms with van der Waals surface area (Å²) in [6.07, 6.45) is 3.57. The number of carbonyl (C=O) groups excluding carboxylic acids is 1. The summed E-state index contributed by atoms with van der Waals surface area (Å²) < 4.78 is 5.25. The number of ether oxygens (including phenoxy) is 1. The Morgan fingerprint density at radius 2 is 2.06 bits per heavy atom. The molecule has 0 radical (unpaired) electrons. The van der Waals surface area contributed by atoms with Crippen molar-refractivity contribution in [2.24, 2.45) is 11.7 Å². The molecule has 0 saturated carbocycles. The molecule has 18 heavy (non-hydrogen) atoms. The van der Waals surface area contributed by atoms with Gasteiger partial charge in [0, 0.05) is 6.54 Å². The second kappa shape index (κ2) is 8.70. The molecule has 3 heteroatoms. The molecule has 1 aromatic rings. The Kier molecular flexibility index (Phi) is 7.11. The van der Waals surface area contributed by atoms with Gasteiger partial charge in [0.1, 0.15) is 0 Å². The lowest BCUT2D eigenvalue weighted by Crippen LogP contribution is -2.25. The van der Waals surface area contributed by atoms with E-state index in [-0.39, 0.29) is 11.9 Å². The van der Waals surface area contributed by atoms with Gasteiger partial charge in [0.25, 0.3) is 0 Å². The van der Waals surface area contributed by atoms with Gasteiger partial charge in [0.05, 0.1) is 12.5 Å². The van der Waals surface area contributed by atoms with E-state index in [2.05, 4.69) is 12.1 Å². The zero-order valence-corrected chi connectivity index (χ0v) is 11.1. The molecule has 0 heterocycles. The summed E-state index contributed by atoms with van der Waals surface area (Å²) in [5.74, 6) is -0.279. The number of benzene rings is 1. The third-order valence-electron chi connectivity index (χ3n) is 2.95. The van der Waals surface area contributed by atoms with Crippen LogP contribution in [0, 0.1) is 5.92 Å². The number of hydrogen-bond acceptors (Lipinski definition) is 3. The summed E-state index contributed by atoms with van der Waals surface area (Å²) in [5.41, 5.74) is 6.83. The van der Waals surface area contributed by atoms with Gasteiger partial charge in [0.15, 0.2) is 0 Å². The summed E-state index contributed by atoms with van der Waals surface area (Å²) in [5, 5.41) is 0. The molecule has 0 saturated heterocycles. The molecule has 1 aromatic carbocycles. The van der Waals surface area contributed by atoms with Crippen molar-refractivity contribution in [3.63, 3.8) is 0 Å². The molecule has 2 N–H and O–H groups in total. The van der Waals surface area contributed by atoms with Gasteiger partial charge in [-0.2, -0.15) is 0 Å². The van der Waals surface area contributed by atoms with Crippen molar-refractivity contribution in [3.05, 3.63) is 35.9 Å². The Balaban J connectivity index is 2.19. The van der Waals surface area contributed by atoms with Crippen LogP contribution in [0.1, 0.15) is 31.7 Å². The van der Waals surface area contributed by atoms with E-state index in [0.717, 1.165) is 25.7 Å². The Morgan fingerprint density at radius 3 is 2.67 bits per heavy atom. The molecule has 100 valence electrons. The van der Waals surface area contributed by atoms with Crippen LogP contribution in [0.5, 0.6) is 0 Å². The first kappa shape index (κ1) is 14.7. The molecule has 0 fully saturated rings. The van der Waals surface area contributed by atoms with Crippen LogP contribution in [0.2, 0.25) is 0 Å². The molecular formula is C15H23NO2. The van der Waals surface area contributed by atoms with Crippen LogP contribution in [0.15, 0.2) is 30.3 Å². The maximum absolute atomic E-state index is 11.7. The van der Waals surface area contributed by atoms with E-state index in [1.54, 1.807) is 0 Å². The number of hydrogen-bond donors (Lipinski definition) is 1. The first-order chi connectivity index (χ1) is 8.77. The number of rotatable bonds is 8. The minimum atomic E-state index is -0.146. The van der Waals surface area contributed by atoms with Crippen molar-refractivity contribution < 1.29 is 9.53 Å². The minimum absolute atomic E-state index is 0.133. The van der Waals surface area contributed by atoms with Crippen LogP contribution in [0.4, 0.5) is 0 Å². The van der Waals surface area contributed by atoms with Gasteiger partial charge in [-0.15, -0.1) is 0 Å². The first-order valence-corrected chi connectivity index (χ1v) is 6.68. The number of esters is 1. The SMILES string of the molecule is CCCC(CN)C(=O)OCCCc1ccccc1. The highest BCUT2D eigenvalue weighted by Crippen LogP contribution is 2.08. The van der Waals surface area contributed by atoms with Crippen molar-refractivity contribution in [2.75, 3.05) is 13.2 Å². The third-order valence-corrected chi connectivity index (χ3v) is 2.95. The maximum Gasteiger partial charge on any atom is 0.310 e. The van der Waals surface area contributed by atoms with Crippen molar-refractivity contribution >= 4 is 5.97 Å². The molecule has 1 unspecified atom stereocenters. The monoisotopic (exact) mass is 249 g/mol. The van der Waals surface area contributed by atoms with Gasteiger partial charge >= 0.3 is 5.97 Å². The summed E-state index contributed by atoms with van der Waals surface area (Å²) in [6, 6.07) is 10.2. The van der Waals surface area contributed by atoms with Crippen molar-refractivity contribution in [2.45, 2.75) is 32.6 Å². The van der Waals surface area contributed by atoms with Crippen LogP contribution >= 0.6 is 0 Å². The molecule has 0 aliphatic rings. The highest BCUT2D eigenvalue weighted by atomic mass is 16.5. The summed E-state index contributed by atoms with van der Waals surface area (Å²) in [6.45, 7) is 2.91. The van der Waals surface area contributed by atoms with Gasteiger partial charge in [-0.1, -0.05) is 43.7 Å². The standard InChI is InChI=1S/C15H23NO2/c1-2-7-14(12-16)15(17)18-11-6-10-13-8-4-3-5-9-13/h3-5,8-9,14H,2,6-7,10-12,16H2,1H3. The fraction of sp³-hybridized carbons (Fsp3) is 0.533. The van der Waals surface area contributed by atoms with Crippen LogP contribution in [0.3, 0.4) is 0 Å². The van der Waals surface area contributed by atoms with Crippen LogP contribution in [-0.4, -0.2) is 19.1 Å². The highest BCUT2D eigenvalue weighted by Gasteiger charge is 2.16. The lowest BCUT2D eigenvalue weighted by atomic mass is 10.0. The molecule has 0 aliphatic carbocycles. The molecule has 0 aromatic heterocycles. The Labute approximate surface area is 109 Å². The van der Waals surface area contributed by atoms with Gasteiger partial charge in [0.2, 0.25) is 0 Å². The lowest BCUT2D eigenvalue weighted by Gasteiger charge is -2.12. The van der Waals surface area contributed by atoms with E-state index < -0.39 is 0 Å². The molecule has 3 nitrogen and oxygen atoms in total. The van der Waals surface area contributed by atoms with Gasteiger partial charge < -0.3 is 10.5 Å². The fourth-order valence-corrected chi connectivity index (χ4v) is 1.89. The van der Waals surface area contributed by atoms with E-state index in [1.807, 2.05) is 25.1 Å². The van der Waals surface area contributed by atoms with E-state index >= 15 is 0 Å². The van der Waals surface area contributed by atoms with E-state index in [0.29, 0.717) is 13.2 Å². The lowest BCUT2D eigenvalue weighted by molar-refractivity contribution is -0.148. The largest absolute Gasteiger partial charge is 0.465 e. The smallest absolute Gasteiger partial charge is 0.310 e. The van der Waals surface area contributed by atoms with Gasteiger partial charge in [-0.25, -0.2) is 0 Å². The van der Waals surface area contributed by atoms with Crippen LogP contribution in [0.25, 0.3) is 0 Å². The fourth-order valence-electron chi connectivity index (χ4n) is 1.89. The van der Waals surface area contributed by atoms with Crippen LogP contribution < -0.4 is 5.73 Å². The summed E-state index contributed by atoms with van der Waals surface area (Å²) in [7, 11) is 0. The third kappa shape index (κ3) is 5.32. The second-order valence-corrected chi connectivity index (χ2v) is 4.48. The second-order valence-electron chi connectivity index (χ2n) is 4.48. The number of carbonyl (C=O) groups is 1. The number of aryl methyl sites for hydroxylation is 1.